The number of fused-ring (bicyclic) bond motifs is 2. The molecule has 2 aromatic carbocycles. The number of carbonyl (C=O) groups is 1. The van der Waals surface area contributed by atoms with Gasteiger partial charge >= 0.3 is 5.97 Å². The third kappa shape index (κ3) is 4.26. The van der Waals surface area contributed by atoms with E-state index in [9.17, 15) is 25.2 Å². The zero-order valence-electron chi connectivity index (χ0n) is 19.1. The molecular formula is C24H28ClN4O6+. The van der Waals surface area contributed by atoms with Crippen LogP contribution in [0.4, 0.5) is 17.1 Å². The van der Waals surface area contributed by atoms with Gasteiger partial charge in [-0.05, 0) is 30.3 Å². The van der Waals surface area contributed by atoms with Crippen LogP contribution in [0.1, 0.15) is 5.56 Å². The van der Waals surface area contributed by atoms with Crippen molar-refractivity contribution in [3.63, 3.8) is 0 Å². The van der Waals surface area contributed by atoms with Crippen molar-refractivity contribution < 1.29 is 34.4 Å². The molecule has 3 aliphatic rings. The number of aliphatic imine (C=N–C) groups is 1. The molecule has 0 amide bonds. The second kappa shape index (κ2) is 9.05. The van der Waals surface area contributed by atoms with Crippen molar-refractivity contribution >= 4 is 40.5 Å². The van der Waals surface area contributed by atoms with E-state index in [0.29, 0.717) is 31.2 Å². The number of carboxylic acids is 1. The van der Waals surface area contributed by atoms with Crippen LogP contribution in [0.3, 0.4) is 0 Å². The number of aliphatic hydroxyl groups is 3. The summed E-state index contributed by atoms with van der Waals surface area (Å²) in [7, 11) is 1.86. The van der Waals surface area contributed by atoms with Crippen LogP contribution in [0.15, 0.2) is 47.5 Å². The van der Waals surface area contributed by atoms with Gasteiger partial charge in [-0.1, -0.05) is 23.7 Å². The van der Waals surface area contributed by atoms with Crippen molar-refractivity contribution in [3.8, 4) is 0 Å². The van der Waals surface area contributed by atoms with Crippen molar-refractivity contribution in [2.24, 2.45) is 4.99 Å². The van der Waals surface area contributed by atoms with Crippen molar-refractivity contribution in [1.82, 2.24) is 4.90 Å². The van der Waals surface area contributed by atoms with E-state index in [-0.39, 0.29) is 4.48 Å². The van der Waals surface area contributed by atoms with Crippen LogP contribution in [0.5, 0.6) is 0 Å². The highest BCUT2D eigenvalue weighted by Crippen LogP contribution is 2.37. The highest BCUT2D eigenvalue weighted by atomic mass is 35.5. The Morgan fingerprint density at radius 1 is 1.09 bits per heavy atom. The van der Waals surface area contributed by atoms with Crippen LogP contribution >= 0.6 is 11.6 Å². The number of rotatable bonds is 2. The summed E-state index contributed by atoms with van der Waals surface area (Å²) in [5, 5.41) is 44.4. The van der Waals surface area contributed by atoms with E-state index >= 15 is 0 Å². The standard InChI is InChI=1S/C24H27ClN4O6/c1-29(23-20(32)18(30)19(31)21(35-23)24(33)34)10-8-28(9-11-29)22-14-4-2-3-5-15(14)26-16-7-6-13(25)12-17(16)27-22/h2-7,12,18-21,23,30-32H,8-11H2,1H3,(H-,26,27,33,34)/p+1. The molecule has 0 spiro atoms. The largest absolute Gasteiger partial charge is 0.479 e. The molecule has 3 aliphatic heterocycles. The molecule has 2 fully saturated rings. The van der Waals surface area contributed by atoms with Gasteiger partial charge in [0.05, 0.1) is 44.6 Å². The lowest BCUT2D eigenvalue weighted by molar-refractivity contribution is -0.964. The summed E-state index contributed by atoms with van der Waals surface area (Å²) >= 11 is 6.24. The molecule has 5 N–H and O–H groups in total. The summed E-state index contributed by atoms with van der Waals surface area (Å²) in [4.78, 5) is 18.7. The summed E-state index contributed by atoms with van der Waals surface area (Å²) < 4.78 is 5.82. The Hall–Kier alpha value is -2.73. The molecule has 11 heteroatoms. The van der Waals surface area contributed by atoms with Crippen LogP contribution in [0.2, 0.25) is 5.02 Å². The maximum absolute atomic E-state index is 11.6. The number of ether oxygens (including phenoxy) is 1. The average Bonchev–Trinajstić information content (AvgIpc) is 2.99. The van der Waals surface area contributed by atoms with Gasteiger partial charge in [-0.15, -0.1) is 0 Å². The molecule has 186 valence electrons. The molecule has 2 saturated heterocycles. The van der Waals surface area contributed by atoms with E-state index in [0.717, 1.165) is 28.5 Å². The predicted molar refractivity (Wildman–Crippen MR) is 129 cm³/mol. The topological polar surface area (TPSA) is 135 Å². The lowest BCUT2D eigenvalue weighted by Gasteiger charge is -2.51. The lowest BCUT2D eigenvalue weighted by atomic mass is 9.96. The summed E-state index contributed by atoms with van der Waals surface area (Å²) in [6.07, 6.45) is -7.36. The van der Waals surface area contributed by atoms with Crippen molar-refractivity contribution in [2.45, 2.75) is 30.6 Å². The molecule has 5 rings (SSSR count). The molecule has 0 radical (unpaired) electrons. The number of para-hydroxylation sites is 1. The van der Waals surface area contributed by atoms with Crippen molar-refractivity contribution in [2.75, 3.05) is 38.5 Å². The van der Waals surface area contributed by atoms with E-state index in [1.807, 2.05) is 49.5 Å². The Labute approximate surface area is 207 Å². The second-order valence-electron chi connectivity index (χ2n) is 9.44. The number of anilines is 2. The second-order valence-corrected chi connectivity index (χ2v) is 9.87. The molecule has 0 aromatic heterocycles. The Kier molecular flexibility index (Phi) is 6.20. The molecule has 5 atom stereocenters. The van der Waals surface area contributed by atoms with Gasteiger partial charge in [0.15, 0.2) is 12.2 Å². The van der Waals surface area contributed by atoms with E-state index in [2.05, 4.69) is 10.2 Å². The number of nitrogens with one attached hydrogen (secondary N) is 1. The van der Waals surface area contributed by atoms with Crippen LogP contribution < -0.4 is 5.32 Å². The number of amidine groups is 1. The minimum atomic E-state index is -1.71. The maximum Gasteiger partial charge on any atom is 0.335 e. The molecule has 0 saturated carbocycles. The SMILES string of the molecule is C[N+]1(C2OC(C(=O)O)C(O)C(O)C2O)CCN(C2=Nc3cc(Cl)ccc3Nc3ccccc32)CC1. The van der Waals surface area contributed by atoms with Gasteiger partial charge in [0.2, 0.25) is 6.23 Å². The highest BCUT2D eigenvalue weighted by molar-refractivity contribution is 6.31. The van der Waals surface area contributed by atoms with Gasteiger partial charge in [-0.3, -0.25) is 4.48 Å². The van der Waals surface area contributed by atoms with Crippen LogP contribution in [-0.4, -0.2) is 105 Å². The highest BCUT2D eigenvalue weighted by Gasteiger charge is 2.54. The predicted octanol–water partition coefficient (Wildman–Crippen LogP) is 1.13. The van der Waals surface area contributed by atoms with Gasteiger partial charge in [-0.25, -0.2) is 9.79 Å². The van der Waals surface area contributed by atoms with Gasteiger partial charge in [0.25, 0.3) is 0 Å². The average molecular weight is 504 g/mol. The molecular weight excluding hydrogens is 476 g/mol. The third-order valence-corrected chi connectivity index (χ3v) is 7.37. The number of aliphatic carboxylic acids is 1. The number of aliphatic hydroxyl groups excluding tert-OH is 3. The molecule has 10 nitrogen and oxygen atoms in total. The smallest absolute Gasteiger partial charge is 0.335 e. The van der Waals surface area contributed by atoms with Gasteiger partial charge in [-0.2, -0.15) is 0 Å². The van der Waals surface area contributed by atoms with Crippen molar-refractivity contribution in [3.05, 3.63) is 53.1 Å². The lowest BCUT2D eigenvalue weighted by Crippen LogP contribution is -2.72. The first-order valence-electron chi connectivity index (χ1n) is 11.4. The summed E-state index contributed by atoms with van der Waals surface area (Å²) in [6, 6.07) is 13.4. The Morgan fingerprint density at radius 3 is 2.51 bits per heavy atom. The third-order valence-electron chi connectivity index (χ3n) is 7.13. The molecule has 35 heavy (non-hydrogen) atoms. The van der Waals surface area contributed by atoms with Gasteiger partial charge < -0.3 is 35.4 Å². The number of benzene rings is 2. The summed E-state index contributed by atoms with van der Waals surface area (Å²) in [6.45, 7) is 2.08. The number of nitrogens with zero attached hydrogens (tertiary/aromatic N) is 3. The molecule has 3 heterocycles. The zero-order valence-corrected chi connectivity index (χ0v) is 19.8. The minimum absolute atomic E-state index is 0.181. The molecule has 0 bridgehead atoms. The Morgan fingerprint density at radius 2 is 1.80 bits per heavy atom. The number of hydrogen-bond acceptors (Lipinski definition) is 8. The first kappa shape index (κ1) is 24.0. The number of piperazine rings is 1. The fraction of sp³-hybridized carbons (Fsp3) is 0.417. The minimum Gasteiger partial charge on any atom is -0.479 e. The van der Waals surface area contributed by atoms with Crippen LogP contribution in [0.25, 0.3) is 0 Å². The fourth-order valence-electron chi connectivity index (χ4n) is 5.02. The number of hydrogen-bond donors (Lipinski definition) is 5. The first-order valence-corrected chi connectivity index (χ1v) is 11.8. The monoisotopic (exact) mass is 503 g/mol. The number of likely N-dealkylation sites (N-methyl/N-ethyl adjacent to an activating group) is 1. The van der Waals surface area contributed by atoms with Crippen LogP contribution in [0, 0.1) is 0 Å². The molecule has 0 aliphatic carbocycles. The quantitative estimate of drug-likeness (QED) is 0.385. The zero-order chi connectivity index (χ0) is 24.9. The number of carboxylic acid groups (broad SMARTS) is 1. The fourth-order valence-corrected chi connectivity index (χ4v) is 5.19. The number of quaternary nitrogens is 1. The van der Waals surface area contributed by atoms with E-state index < -0.39 is 36.6 Å². The Balaban J connectivity index is 1.42. The van der Waals surface area contributed by atoms with E-state index in [1.54, 1.807) is 0 Å². The number of halogens is 1. The van der Waals surface area contributed by atoms with Crippen molar-refractivity contribution in [1.29, 1.82) is 0 Å². The van der Waals surface area contributed by atoms with Crippen LogP contribution in [-0.2, 0) is 9.53 Å². The summed E-state index contributed by atoms with van der Waals surface area (Å²) in [5.74, 6) is -0.600. The molecule has 5 unspecified atom stereocenters. The molecule has 2 aromatic rings. The Bertz CT molecular complexity index is 1170. The van der Waals surface area contributed by atoms with E-state index in [1.165, 1.54) is 0 Å². The van der Waals surface area contributed by atoms with Gasteiger partial charge in [0, 0.05) is 16.3 Å². The normalized spacial score (nSPS) is 29.8. The van der Waals surface area contributed by atoms with Gasteiger partial charge in [0.1, 0.15) is 18.0 Å². The van der Waals surface area contributed by atoms with E-state index in [4.69, 9.17) is 21.3 Å². The summed E-state index contributed by atoms with van der Waals surface area (Å²) in [5.41, 5.74) is 3.43. The first-order chi connectivity index (χ1) is 16.7. The maximum atomic E-state index is 11.6.